The van der Waals surface area contributed by atoms with E-state index in [1.807, 2.05) is 24.3 Å². The van der Waals surface area contributed by atoms with Crippen molar-refractivity contribution in [2.24, 2.45) is 0 Å². The summed E-state index contributed by atoms with van der Waals surface area (Å²) in [6.07, 6.45) is 1.64. The third-order valence-electron chi connectivity index (χ3n) is 3.02. The second-order valence-electron chi connectivity index (χ2n) is 4.54. The third kappa shape index (κ3) is 3.18. The van der Waals surface area contributed by atoms with Crippen LogP contribution < -0.4 is 0 Å². The van der Waals surface area contributed by atoms with E-state index in [0.717, 1.165) is 5.56 Å². The molecule has 0 N–H and O–H groups in total. The van der Waals surface area contributed by atoms with E-state index < -0.39 is 5.97 Å². The molecule has 0 bridgehead atoms. The largest absolute Gasteiger partial charge is 0.453 e. The van der Waals surface area contributed by atoms with Gasteiger partial charge in [0, 0.05) is 11.8 Å². The van der Waals surface area contributed by atoms with Crippen molar-refractivity contribution in [2.75, 3.05) is 0 Å². The van der Waals surface area contributed by atoms with E-state index in [-0.39, 0.29) is 12.4 Å². The van der Waals surface area contributed by atoms with Crippen LogP contribution in [0, 0.1) is 0 Å². The van der Waals surface area contributed by atoms with Gasteiger partial charge in [-0.25, -0.2) is 4.79 Å². The van der Waals surface area contributed by atoms with Crippen molar-refractivity contribution < 1.29 is 13.9 Å². The lowest BCUT2D eigenvalue weighted by Gasteiger charge is -2.02. The van der Waals surface area contributed by atoms with Gasteiger partial charge in [-0.15, -0.1) is 0 Å². The predicted molar refractivity (Wildman–Crippen MR) is 82.5 cm³/mol. The minimum Gasteiger partial charge on any atom is -0.453 e. The van der Waals surface area contributed by atoms with Gasteiger partial charge in [-0.2, -0.15) is 0 Å². The quantitative estimate of drug-likeness (QED) is 0.672. The van der Waals surface area contributed by atoms with Crippen molar-refractivity contribution in [3.8, 4) is 11.3 Å². The number of nitrogens with zero attached hydrogens (tertiary/aromatic N) is 1. The Balaban J connectivity index is 1.71. The number of halogens is 1. The molecule has 3 aromatic rings. The highest BCUT2D eigenvalue weighted by atomic mass is 35.5. The molecule has 0 fully saturated rings. The Morgan fingerprint density at radius 3 is 2.68 bits per heavy atom. The minimum absolute atomic E-state index is 0.0990. The molecule has 3 rings (SSSR count). The highest BCUT2D eigenvalue weighted by molar-refractivity contribution is 6.33. The van der Waals surface area contributed by atoms with Crippen LogP contribution in [0.25, 0.3) is 11.3 Å². The van der Waals surface area contributed by atoms with E-state index in [9.17, 15) is 4.79 Å². The number of benzene rings is 1. The number of ether oxygens (including phenoxy) is 1. The molecule has 2 aromatic heterocycles. The van der Waals surface area contributed by atoms with E-state index >= 15 is 0 Å². The molecule has 0 saturated carbocycles. The van der Waals surface area contributed by atoms with E-state index in [4.69, 9.17) is 20.8 Å². The summed E-state index contributed by atoms with van der Waals surface area (Å²) in [5, 5.41) is 0.560. The second-order valence-corrected chi connectivity index (χ2v) is 4.95. The summed E-state index contributed by atoms with van der Waals surface area (Å²) >= 11 is 6.10. The topological polar surface area (TPSA) is 52.3 Å². The van der Waals surface area contributed by atoms with Crippen molar-refractivity contribution in [2.45, 2.75) is 6.61 Å². The van der Waals surface area contributed by atoms with Gasteiger partial charge in [-0.05, 0) is 36.4 Å². The van der Waals surface area contributed by atoms with E-state index in [2.05, 4.69) is 4.98 Å². The van der Waals surface area contributed by atoms with Gasteiger partial charge in [0.1, 0.15) is 12.4 Å². The van der Waals surface area contributed by atoms with Crippen molar-refractivity contribution in [1.82, 2.24) is 4.98 Å². The first-order valence-electron chi connectivity index (χ1n) is 6.66. The number of furan rings is 1. The lowest BCUT2D eigenvalue weighted by Crippen LogP contribution is -2.04. The SMILES string of the molecule is O=C(OCc1ccccn1)c1ccc(-c2ccccc2Cl)o1. The van der Waals surface area contributed by atoms with Gasteiger partial charge in [0.05, 0.1) is 10.7 Å². The summed E-state index contributed by atoms with van der Waals surface area (Å²) < 4.78 is 10.7. The van der Waals surface area contributed by atoms with Crippen LogP contribution in [-0.4, -0.2) is 11.0 Å². The van der Waals surface area contributed by atoms with Gasteiger partial charge in [-0.3, -0.25) is 4.98 Å². The number of aromatic nitrogens is 1. The molecule has 0 radical (unpaired) electrons. The van der Waals surface area contributed by atoms with Crippen molar-refractivity contribution >= 4 is 17.6 Å². The third-order valence-corrected chi connectivity index (χ3v) is 3.35. The molecule has 0 unspecified atom stereocenters. The zero-order chi connectivity index (χ0) is 15.4. The van der Waals surface area contributed by atoms with Crippen LogP contribution in [0.1, 0.15) is 16.2 Å². The first-order valence-corrected chi connectivity index (χ1v) is 7.03. The molecule has 0 saturated heterocycles. The second kappa shape index (κ2) is 6.45. The van der Waals surface area contributed by atoms with Gasteiger partial charge in [0.25, 0.3) is 0 Å². The Morgan fingerprint density at radius 1 is 1.09 bits per heavy atom. The first kappa shape index (κ1) is 14.4. The van der Waals surface area contributed by atoms with Crippen molar-refractivity contribution in [3.63, 3.8) is 0 Å². The summed E-state index contributed by atoms with van der Waals surface area (Å²) in [4.78, 5) is 16.1. The Labute approximate surface area is 132 Å². The van der Waals surface area contributed by atoms with Crippen LogP contribution in [0.5, 0.6) is 0 Å². The van der Waals surface area contributed by atoms with E-state index in [1.165, 1.54) is 0 Å². The lowest BCUT2D eigenvalue weighted by molar-refractivity contribution is 0.0432. The number of esters is 1. The highest BCUT2D eigenvalue weighted by Crippen LogP contribution is 2.29. The van der Waals surface area contributed by atoms with Gasteiger partial charge >= 0.3 is 5.97 Å². The van der Waals surface area contributed by atoms with E-state index in [0.29, 0.717) is 16.5 Å². The molecule has 110 valence electrons. The number of carbonyl (C=O) groups excluding carboxylic acids is 1. The van der Waals surface area contributed by atoms with Crippen LogP contribution in [-0.2, 0) is 11.3 Å². The van der Waals surface area contributed by atoms with Crippen LogP contribution in [0.3, 0.4) is 0 Å². The summed E-state index contributed by atoms with van der Waals surface area (Å²) in [5.74, 6) is 0.116. The molecule has 0 spiro atoms. The molecular weight excluding hydrogens is 302 g/mol. The van der Waals surface area contributed by atoms with Crippen LogP contribution in [0.15, 0.2) is 65.2 Å². The maximum atomic E-state index is 12.0. The van der Waals surface area contributed by atoms with Gasteiger partial charge in [0.15, 0.2) is 0 Å². The molecule has 0 amide bonds. The molecule has 2 heterocycles. The molecule has 0 atom stereocenters. The first-order chi connectivity index (χ1) is 10.7. The Hall–Kier alpha value is -2.59. The predicted octanol–water partition coefficient (Wildman–Crippen LogP) is 4.35. The molecule has 1 aromatic carbocycles. The minimum atomic E-state index is -0.538. The number of rotatable bonds is 4. The molecule has 22 heavy (non-hydrogen) atoms. The zero-order valence-corrected chi connectivity index (χ0v) is 12.3. The summed E-state index contributed by atoms with van der Waals surface area (Å²) in [6.45, 7) is 0.0990. The molecule has 5 heteroatoms. The zero-order valence-electron chi connectivity index (χ0n) is 11.5. The number of pyridine rings is 1. The van der Waals surface area contributed by atoms with Crippen molar-refractivity contribution in [1.29, 1.82) is 0 Å². The van der Waals surface area contributed by atoms with E-state index in [1.54, 1.807) is 36.5 Å². The smallest absolute Gasteiger partial charge is 0.374 e. The summed E-state index contributed by atoms with van der Waals surface area (Å²) in [6, 6.07) is 15.9. The summed E-state index contributed by atoms with van der Waals surface area (Å²) in [5.41, 5.74) is 1.40. The fourth-order valence-corrected chi connectivity index (χ4v) is 2.18. The normalized spacial score (nSPS) is 10.4. The standard InChI is InChI=1S/C17H12ClNO3/c18-14-7-2-1-6-13(14)15-8-9-16(22-15)17(20)21-11-12-5-3-4-10-19-12/h1-10H,11H2. The van der Waals surface area contributed by atoms with Crippen LogP contribution in [0.2, 0.25) is 5.02 Å². The highest BCUT2D eigenvalue weighted by Gasteiger charge is 2.15. The van der Waals surface area contributed by atoms with Crippen molar-refractivity contribution in [3.05, 3.63) is 77.3 Å². The molecule has 0 aliphatic rings. The maximum absolute atomic E-state index is 12.0. The number of carbonyl (C=O) groups is 1. The Bertz CT molecular complexity index is 783. The molecule has 4 nitrogen and oxygen atoms in total. The molecular formula is C17H12ClNO3. The Morgan fingerprint density at radius 2 is 1.91 bits per heavy atom. The fraction of sp³-hybridized carbons (Fsp3) is 0.0588. The molecule has 0 aliphatic carbocycles. The van der Waals surface area contributed by atoms with Crippen LogP contribution >= 0.6 is 11.6 Å². The number of hydrogen-bond acceptors (Lipinski definition) is 4. The van der Waals surface area contributed by atoms with Gasteiger partial charge in [-0.1, -0.05) is 29.8 Å². The van der Waals surface area contributed by atoms with Gasteiger partial charge < -0.3 is 9.15 Å². The summed E-state index contributed by atoms with van der Waals surface area (Å²) in [7, 11) is 0. The average molecular weight is 314 g/mol. The lowest BCUT2D eigenvalue weighted by atomic mass is 10.2. The van der Waals surface area contributed by atoms with Gasteiger partial charge in [0.2, 0.25) is 5.76 Å². The number of hydrogen-bond donors (Lipinski definition) is 0. The molecule has 0 aliphatic heterocycles. The average Bonchev–Trinajstić information content (AvgIpc) is 3.04. The monoisotopic (exact) mass is 313 g/mol. The Kier molecular flexibility index (Phi) is 4.21. The maximum Gasteiger partial charge on any atom is 0.374 e. The fourth-order valence-electron chi connectivity index (χ4n) is 1.95. The van der Waals surface area contributed by atoms with Crippen LogP contribution in [0.4, 0.5) is 0 Å².